The van der Waals surface area contributed by atoms with Crippen LogP contribution in [0.2, 0.25) is 0 Å². The van der Waals surface area contributed by atoms with Crippen molar-refractivity contribution in [3.05, 3.63) is 38.9 Å². The first-order valence-corrected chi connectivity index (χ1v) is 7.25. The number of anilines is 1. The van der Waals surface area contributed by atoms with Gasteiger partial charge in [-0.3, -0.25) is 0 Å². The lowest BCUT2D eigenvalue weighted by molar-refractivity contribution is -0.222. The van der Waals surface area contributed by atoms with E-state index < -0.39 is 17.7 Å². The van der Waals surface area contributed by atoms with Gasteiger partial charge in [-0.25, -0.2) is 9.59 Å². The molecule has 0 radical (unpaired) electrons. The number of halogens is 2. The Kier molecular flexibility index (Phi) is 4.19. The van der Waals surface area contributed by atoms with E-state index in [-0.39, 0.29) is 5.57 Å². The van der Waals surface area contributed by atoms with E-state index >= 15 is 0 Å². The minimum absolute atomic E-state index is 0.177. The number of esters is 2. The Balaban J connectivity index is 2.17. The standard InChI is InChI=1S/C13H11Br2NO4/c1-13(2)19-11(17)8(12(18)20-13)6-16-7-3-4-9(14)10(15)5-7/h3-6,16H,1-2H3. The molecule has 0 bridgehead atoms. The summed E-state index contributed by atoms with van der Waals surface area (Å²) >= 11 is 6.71. The maximum atomic E-state index is 11.7. The highest BCUT2D eigenvalue weighted by molar-refractivity contribution is 9.13. The highest BCUT2D eigenvalue weighted by Gasteiger charge is 2.38. The summed E-state index contributed by atoms with van der Waals surface area (Å²) in [6.07, 6.45) is 1.27. The molecule has 0 atom stereocenters. The van der Waals surface area contributed by atoms with Gasteiger partial charge in [0.2, 0.25) is 0 Å². The number of ether oxygens (including phenoxy) is 2. The van der Waals surface area contributed by atoms with E-state index in [2.05, 4.69) is 37.2 Å². The van der Waals surface area contributed by atoms with Crippen LogP contribution in [0.4, 0.5) is 5.69 Å². The Morgan fingerprint density at radius 2 is 1.70 bits per heavy atom. The molecule has 1 aromatic rings. The maximum Gasteiger partial charge on any atom is 0.350 e. The van der Waals surface area contributed by atoms with Gasteiger partial charge in [0.1, 0.15) is 0 Å². The summed E-state index contributed by atoms with van der Waals surface area (Å²) in [4.78, 5) is 23.4. The molecule has 1 saturated heterocycles. The van der Waals surface area contributed by atoms with Crippen LogP contribution in [0.1, 0.15) is 13.8 Å². The molecule has 1 heterocycles. The molecule has 7 heteroatoms. The first kappa shape index (κ1) is 15.1. The van der Waals surface area contributed by atoms with Crippen LogP contribution < -0.4 is 5.32 Å². The maximum absolute atomic E-state index is 11.7. The van der Waals surface area contributed by atoms with Gasteiger partial charge in [-0.1, -0.05) is 0 Å². The van der Waals surface area contributed by atoms with Gasteiger partial charge in [-0.2, -0.15) is 0 Å². The Bertz CT molecular complexity index is 588. The number of carbonyl (C=O) groups excluding carboxylic acids is 2. The predicted molar refractivity (Wildman–Crippen MR) is 79.8 cm³/mol. The molecule has 5 nitrogen and oxygen atoms in total. The van der Waals surface area contributed by atoms with Crippen LogP contribution in [0, 0.1) is 0 Å². The van der Waals surface area contributed by atoms with Crippen molar-refractivity contribution in [3.8, 4) is 0 Å². The van der Waals surface area contributed by atoms with Gasteiger partial charge in [0.05, 0.1) is 0 Å². The van der Waals surface area contributed by atoms with Crippen LogP contribution in [-0.2, 0) is 19.1 Å². The molecule has 20 heavy (non-hydrogen) atoms. The van der Waals surface area contributed by atoms with Gasteiger partial charge < -0.3 is 14.8 Å². The van der Waals surface area contributed by atoms with E-state index in [0.717, 1.165) is 8.95 Å². The quantitative estimate of drug-likeness (QED) is 0.465. The summed E-state index contributed by atoms with van der Waals surface area (Å²) in [6, 6.07) is 5.41. The lowest BCUT2D eigenvalue weighted by Gasteiger charge is -2.29. The van der Waals surface area contributed by atoms with Gasteiger partial charge in [0, 0.05) is 34.7 Å². The first-order valence-electron chi connectivity index (χ1n) is 5.67. The Hall–Kier alpha value is -1.34. The lowest BCUT2D eigenvalue weighted by Crippen LogP contribution is -2.42. The summed E-state index contributed by atoms with van der Waals surface area (Å²) in [6.45, 7) is 3.00. The number of nitrogens with one attached hydrogen (secondary N) is 1. The van der Waals surface area contributed by atoms with Crippen LogP contribution in [0.5, 0.6) is 0 Å². The van der Waals surface area contributed by atoms with Gasteiger partial charge >= 0.3 is 11.9 Å². The molecular formula is C13H11Br2NO4. The predicted octanol–water partition coefficient (Wildman–Crippen LogP) is 3.34. The molecule has 1 aliphatic rings. The van der Waals surface area contributed by atoms with Gasteiger partial charge in [-0.15, -0.1) is 0 Å². The van der Waals surface area contributed by atoms with Crippen LogP contribution in [0.15, 0.2) is 38.9 Å². The number of hydrogen-bond donors (Lipinski definition) is 1. The Morgan fingerprint density at radius 1 is 1.10 bits per heavy atom. The van der Waals surface area contributed by atoms with E-state index in [1.54, 1.807) is 12.1 Å². The summed E-state index contributed by atoms with van der Waals surface area (Å²) in [5, 5.41) is 2.86. The molecule has 0 aliphatic carbocycles. The van der Waals surface area contributed by atoms with Crippen molar-refractivity contribution in [2.24, 2.45) is 0 Å². The highest BCUT2D eigenvalue weighted by Crippen LogP contribution is 2.27. The van der Waals surface area contributed by atoms with Gasteiger partial charge in [-0.05, 0) is 50.1 Å². The monoisotopic (exact) mass is 403 g/mol. The van der Waals surface area contributed by atoms with E-state index in [0.29, 0.717) is 5.69 Å². The molecule has 0 amide bonds. The van der Waals surface area contributed by atoms with Crippen molar-refractivity contribution >= 4 is 49.5 Å². The fourth-order valence-electron chi connectivity index (χ4n) is 1.52. The third-order valence-corrected chi connectivity index (χ3v) is 4.30. The van der Waals surface area contributed by atoms with Crippen molar-refractivity contribution in [1.29, 1.82) is 0 Å². The lowest BCUT2D eigenvalue weighted by atomic mass is 10.2. The Labute approximate surface area is 132 Å². The topological polar surface area (TPSA) is 64.6 Å². The number of benzene rings is 1. The third-order valence-electron chi connectivity index (χ3n) is 2.42. The average molecular weight is 405 g/mol. The second-order valence-electron chi connectivity index (χ2n) is 4.51. The summed E-state index contributed by atoms with van der Waals surface area (Å²) < 4.78 is 11.7. The van der Waals surface area contributed by atoms with Crippen LogP contribution in [-0.4, -0.2) is 17.7 Å². The molecule has 0 unspecified atom stereocenters. The van der Waals surface area contributed by atoms with Crippen LogP contribution in [0.25, 0.3) is 0 Å². The molecule has 0 aromatic heterocycles. The molecular weight excluding hydrogens is 394 g/mol. The second kappa shape index (κ2) is 5.57. The van der Waals surface area contributed by atoms with Crippen LogP contribution >= 0.6 is 31.9 Å². The molecule has 0 spiro atoms. The second-order valence-corrected chi connectivity index (χ2v) is 6.22. The number of cyclic esters (lactones) is 2. The average Bonchev–Trinajstić information content (AvgIpc) is 2.31. The molecule has 1 N–H and O–H groups in total. The fraction of sp³-hybridized carbons (Fsp3) is 0.231. The molecule has 0 saturated carbocycles. The minimum atomic E-state index is -1.23. The zero-order valence-corrected chi connectivity index (χ0v) is 13.9. The summed E-state index contributed by atoms with van der Waals surface area (Å²) in [7, 11) is 0. The number of hydrogen-bond acceptors (Lipinski definition) is 5. The third kappa shape index (κ3) is 3.40. The van der Waals surface area contributed by atoms with E-state index in [9.17, 15) is 9.59 Å². The SMILES string of the molecule is CC1(C)OC(=O)C(=CNc2ccc(Br)c(Br)c2)C(=O)O1. The summed E-state index contributed by atoms with van der Waals surface area (Å²) in [5.74, 6) is -2.66. The van der Waals surface area contributed by atoms with Crippen LogP contribution in [0.3, 0.4) is 0 Å². The molecule has 1 aliphatic heterocycles. The van der Waals surface area contributed by atoms with E-state index in [1.165, 1.54) is 20.0 Å². The normalized spacial score (nSPS) is 17.3. The largest absolute Gasteiger partial charge is 0.419 e. The van der Waals surface area contributed by atoms with Crippen molar-refractivity contribution in [2.45, 2.75) is 19.6 Å². The summed E-state index contributed by atoms with van der Waals surface area (Å²) in [5.41, 5.74) is 0.529. The van der Waals surface area contributed by atoms with Crippen molar-refractivity contribution in [2.75, 3.05) is 5.32 Å². The van der Waals surface area contributed by atoms with Crippen molar-refractivity contribution in [1.82, 2.24) is 0 Å². The molecule has 1 aromatic carbocycles. The van der Waals surface area contributed by atoms with Gasteiger partial charge in [0.15, 0.2) is 5.57 Å². The van der Waals surface area contributed by atoms with E-state index in [4.69, 9.17) is 9.47 Å². The molecule has 2 rings (SSSR count). The number of rotatable bonds is 2. The minimum Gasteiger partial charge on any atom is -0.419 e. The van der Waals surface area contributed by atoms with E-state index in [1.807, 2.05) is 6.07 Å². The zero-order valence-electron chi connectivity index (χ0n) is 10.7. The number of carbonyl (C=O) groups is 2. The smallest absolute Gasteiger partial charge is 0.350 e. The fourth-order valence-corrected chi connectivity index (χ4v) is 2.15. The van der Waals surface area contributed by atoms with Gasteiger partial charge in [0.25, 0.3) is 5.79 Å². The molecule has 106 valence electrons. The van der Waals surface area contributed by atoms with Crippen molar-refractivity contribution in [3.63, 3.8) is 0 Å². The molecule has 1 fully saturated rings. The first-order chi connectivity index (χ1) is 9.28. The highest BCUT2D eigenvalue weighted by atomic mass is 79.9. The zero-order chi connectivity index (χ0) is 14.9. The Morgan fingerprint density at radius 3 is 2.25 bits per heavy atom. The van der Waals surface area contributed by atoms with Crippen molar-refractivity contribution < 1.29 is 19.1 Å².